The molecule has 0 aromatic heterocycles. The van der Waals surface area contributed by atoms with Gasteiger partial charge in [0.2, 0.25) is 10.0 Å². The number of hydrogen-bond donors (Lipinski definition) is 1. The molecule has 1 amide bonds. The Labute approximate surface area is 162 Å². The maximum atomic E-state index is 12.7. The fourth-order valence-electron chi connectivity index (χ4n) is 2.75. The fourth-order valence-corrected chi connectivity index (χ4v) is 3.83. The maximum absolute atomic E-state index is 12.7. The molecule has 0 atom stereocenters. The SMILES string of the molecule is CCNS(=O)(=O)c1cccc(C(=O)N(C)Cc2ccc(C(C)(C)C)cc2)c1. The van der Waals surface area contributed by atoms with Crippen LogP contribution in [0.25, 0.3) is 0 Å². The second-order valence-electron chi connectivity index (χ2n) is 7.64. The van der Waals surface area contributed by atoms with E-state index >= 15 is 0 Å². The fraction of sp³-hybridized carbons (Fsp3) is 0.381. The Morgan fingerprint density at radius 3 is 2.26 bits per heavy atom. The number of rotatable bonds is 6. The minimum atomic E-state index is -3.59. The summed E-state index contributed by atoms with van der Waals surface area (Å²) in [5.74, 6) is -0.219. The van der Waals surface area contributed by atoms with Gasteiger partial charge in [0.05, 0.1) is 4.90 Å². The highest BCUT2D eigenvalue weighted by Gasteiger charge is 2.18. The van der Waals surface area contributed by atoms with Gasteiger partial charge in [-0.2, -0.15) is 0 Å². The van der Waals surface area contributed by atoms with Crippen molar-refractivity contribution in [3.63, 3.8) is 0 Å². The highest BCUT2D eigenvalue weighted by molar-refractivity contribution is 7.89. The van der Waals surface area contributed by atoms with Crippen molar-refractivity contribution in [2.24, 2.45) is 0 Å². The number of nitrogens with one attached hydrogen (secondary N) is 1. The molecule has 0 heterocycles. The van der Waals surface area contributed by atoms with E-state index in [1.807, 2.05) is 12.1 Å². The second-order valence-corrected chi connectivity index (χ2v) is 9.40. The molecule has 6 heteroatoms. The Hall–Kier alpha value is -2.18. The molecule has 0 aliphatic carbocycles. The van der Waals surface area contributed by atoms with Crippen molar-refractivity contribution in [1.82, 2.24) is 9.62 Å². The first-order valence-corrected chi connectivity index (χ1v) is 10.5. The van der Waals surface area contributed by atoms with E-state index in [1.54, 1.807) is 31.0 Å². The first-order valence-electron chi connectivity index (χ1n) is 8.99. The molecule has 2 aromatic rings. The van der Waals surface area contributed by atoms with Gasteiger partial charge in [-0.15, -0.1) is 0 Å². The lowest BCUT2D eigenvalue weighted by Crippen LogP contribution is -2.27. The summed E-state index contributed by atoms with van der Waals surface area (Å²) in [5.41, 5.74) is 2.69. The van der Waals surface area contributed by atoms with E-state index in [0.29, 0.717) is 18.7 Å². The number of amides is 1. The Bertz CT molecular complexity index is 898. The molecule has 0 spiro atoms. The zero-order valence-corrected chi connectivity index (χ0v) is 17.4. The lowest BCUT2D eigenvalue weighted by Gasteiger charge is -2.21. The van der Waals surface area contributed by atoms with Crippen LogP contribution in [0.2, 0.25) is 0 Å². The zero-order chi connectivity index (χ0) is 20.2. The first kappa shape index (κ1) is 21.1. The number of nitrogens with zero attached hydrogens (tertiary/aromatic N) is 1. The van der Waals surface area contributed by atoms with E-state index in [4.69, 9.17) is 0 Å². The minimum absolute atomic E-state index is 0.0821. The molecule has 5 nitrogen and oxygen atoms in total. The van der Waals surface area contributed by atoms with Gasteiger partial charge < -0.3 is 4.90 Å². The molecule has 0 radical (unpaired) electrons. The zero-order valence-electron chi connectivity index (χ0n) is 16.6. The normalized spacial score (nSPS) is 12.0. The summed E-state index contributed by atoms with van der Waals surface area (Å²) in [4.78, 5) is 14.4. The average Bonchev–Trinajstić information content (AvgIpc) is 2.61. The van der Waals surface area contributed by atoms with E-state index in [-0.39, 0.29) is 16.2 Å². The van der Waals surface area contributed by atoms with E-state index in [0.717, 1.165) is 5.56 Å². The minimum Gasteiger partial charge on any atom is -0.337 e. The number of sulfonamides is 1. The Kier molecular flexibility index (Phi) is 6.44. The highest BCUT2D eigenvalue weighted by Crippen LogP contribution is 2.22. The molecule has 0 aliphatic heterocycles. The third-order valence-corrected chi connectivity index (χ3v) is 5.86. The van der Waals surface area contributed by atoms with E-state index in [2.05, 4.69) is 37.6 Å². The molecule has 0 saturated carbocycles. The van der Waals surface area contributed by atoms with Crippen LogP contribution in [0.5, 0.6) is 0 Å². The monoisotopic (exact) mass is 388 g/mol. The number of hydrogen-bond acceptors (Lipinski definition) is 3. The lowest BCUT2D eigenvalue weighted by molar-refractivity contribution is 0.0785. The molecule has 1 N–H and O–H groups in total. The smallest absolute Gasteiger partial charge is 0.253 e. The van der Waals surface area contributed by atoms with Crippen LogP contribution in [-0.2, 0) is 22.0 Å². The van der Waals surface area contributed by atoms with Gasteiger partial charge in [0.25, 0.3) is 5.91 Å². The molecule has 0 saturated heterocycles. The largest absolute Gasteiger partial charge is 0.337 e. The average molecular weight is 389 g/mol. The van der Waals surface area contributed by atoms with Gasteiger partial charge in [-0.05, 0) is 34.7 Å². The summed E-state index contributed by atoms with van der Waals surface area (Å²) in [5, 5.41) is 0. The summed E-state index contributed by atoms with van der Waals surface area (Å²) >= 11 is 0. The van der Waals surface area contributed by atoms with Gasteiger partial charge >= 0.3 is 0 Å². The number of carbonyl (C=O) groups is 1. The van der Waals surface area contributed by atoms with Crippen LogP contribution >= 0.6 is 0 Å². The lowest BCUT2D eigenvalue weighted by atomic mass is 9.87. The molecule has 0 aliphatic rings. The van der Waals surface area contributed by atoms with Crippen molar-refractivity contribution in [3.05, 3.63) is 65.2 Å². The van der Waals surface area contributed by atoms with Crippen LogP contribution in [0, 0.1) is 0 Å². The van der Waals surface area contributed by atoms with E-state index < -0.39 is 10.0 Å². The molecular formula is C21H28N2O3S. The molecule has 0 unspecified atom stereocenters. The summed E-state index contributed by atoms with van der Waals surface area (Å²) in [7, 11) is -1.88. The van der Waals surface area contributed by atoms with E-state index in [1.165, 1.54) is 17.7 Å². The van der Waals surface area contributed by atoms with Crippen LogP contribution in [-0.4, -0.2) is 32.8 Å². The number of benzene rings is 2. The topological polar surface area (TPSA) is 66.5 Å². The van der Waals surface area contributed by atoms with Crippen molar-refractivity contribution >= 4 is 15.9 Å². The summed E-state index contributed by atoms with van der Waals surface area (Å²) in [6.45, 7) is 8.94. The second kappa shape index (κ2) is 8.23. The molecule has 0 bridgehead atoms. The van der Waals surface area contributed by atoms with Gasteiger partial charge in [-0.1, -0.05) is 58.0 Å². The third kappa shape index (κ3) is 5.40. The summed E-state index contributed by atoms with van der Waals surface area (Å²) in [6.07, 6.45) is 0. The molecular weight excluding hydrogens is 360 g/mol. The standard InChI is InChI=1S/C21H28N2O3S/c1-6-22-27(25,26)19-9-7-8-17(14-19)20(24)23(5)15-16-10-12-18(13-11-16)21(2,3)4/h7-14,22H,6,15H2,1-5H3. The van der Waals surface area contributed by atoms with E-state index in [9.17, 15) is 13.2 Å². The van der Waals surface area contributed by atoms with Crippen molar-refractivity contribution in [2.75, 3.05) is 13.6 Å². The highest BCUT2D eigenvalue weighted by atomic mass is 32.2. The van der Waals surface area contributed by atoms with Crippen LogP contribution in [0.4, 0.5) is 0 Å². The van der Waals surface area contributed by atoms with Crippen LogP contribution in [0.3, 0.4) is 0 Å². The predicted molar refractivity (Wildman–Crippen MR) is 108 cm³/mol. The molecule has 146 valence electrons. The number of carbonyl (C=O) groups excluding carboxylic acids is 1. The first-order chi connectivity index (χ1) is 12.5. The Morgan fingerprint density at radius 2 is 1.70 bits per heavy atom. The molecule has 2 rings (SSSR count). The van der Waals surface area contributed by atoms with Gasteiger partial charge in [0.1, 0.15) is 0 Å². The van der Waals surface area contributed by atoms with Crippen molar-refractivity contribution in [1.29, 1.82) is 0 Å². The van der Waals surface area contributed by atoms with Crippen LogP contribution in [0.15, 0.2) is 53.4 Å². The van der Waals surface area contributed by atoms with Crippen molar-refractivity contribution < 1.29 is 13.2 Å². The maximum Gasteiger partial charge on any atom is 0.253 e. The Morgan fingerprint density at radius 1 is 1.07 bits per heavy atom. The third-order valence-electron chi connectivity index (χ3n) is 4.31. The van der Waals surface area contributed by atoms with Crippen molar-refractivity contribution in [3.8, 4) is 0 Å². The molecule has 2 aromatic carbocycles. The van der Waals surface area contributed by atoms with Gasteiger partial charge in [-0.25, -0.2) is 13.1 Å². The summed E-state index contributed by atoms with van der Waals surface area (Å²) in [6, 6.07) is 14.3. The van der Waals surface area contributed by atoms with Gasteiger partial charge in [0, 0.05) is 25.7 Å². The molecule has 27 heavy (non-hydrogen) atoms. The predicted octanol–water partition coefficient (Wildman–Crippen LogP) is 3.55. The van der Waals surface area contributed by atoms with Gasteiger partial charge in [0.15, 0.2) is 0 Å². The van der Waals surface area contributed by atoms with Crippen LogP contribution in [0.1, 0.15) is 49.2 Å². The van der Waals surface area contributed by atoms with Crippen LogP contribution < -0.4 is 4.72 Å². The summed E-state index contributed by atoms with van der Waals surface area (Å²) < 4.78 is 26.7. The molecule has 0 fully saturated rings. The Balaban J connectivity index is 2.16. The van der Waals surface area contributed by atoms with Crippen molar-refractivity contribution in [2.45, 2.75) is 44.6 Å². The van der Waals surface area contributed by atoms with Gasteiger partial charge in [-0.3, -0.25) is 4.79 Å². The quantitative estimate of drug-likeness (QED) is 0.823.